The minimum absolute atomic E-state index is 0.0385. The molecular weight excluding hydrogens is 266 g/mol. The SMILES string of the molecule is NNc1nc(CN2CCOCC2=O)nc2sccc12. The van der Waals surface area contributed by atoms with Crippen molar-refractivity contribution >= 4 is 33.3 Å². The predicted octanol–water partition coefficient (Wildman–Crippen LogP) is 0.336. The normalized spacial score (nSPS) is 16.1. The summed E-state index contributed by atoms with van der Waals surface area (Å²) in [5.41, 5.74) is 2.57. The largest absolute Gasteiger partial charge is 0.370 e. The summed E-state index contributed by atoms with van der Waals surface area (Å²) in [6.07, 6.45) is 0. The standard InChI is InChI=1S/C11H13N5O2S/c12-15-10-7-1-4-19-11(7)14-8(13-10)5-16-2-3-18-6-9(16)17/h1,4H,2-3,5-6,12H2,(H,13,14,15). The Kier molecular flexibility index (Phi) is 3.28. The van der Waals surface area contributed by atoms with Gasteiger partial charge in [0, 0.05) is 6.54 Å². The summed E-state index contributed by atoms with van der Waals surface area (Å²) in [7, 11) is 0. The van der Waals surface area contributed by atoms with Crippen molar-refractivity contribution in [2.24, 2.45) is 5.84 Å². The highest BCUT2D eigenvalue weighted by Crippen LogP contribution is 2.24. The molecule has 1 aliphatic rings. The van der Waals surface area contributed by atoms with Gasteiger partial charge in [0.1, 0.15) is 11.4 Å². The first-order valence-electron chi connectivity index (χ1n) is 5.84. The average Bonchev–Trinajstić information content (AvgIpc) is 2.89. The number of morpholine rings is 1. The minimum Gasteiger partial charge on any atom is -0.370 e. The first kappa shape index (κ1) is 12.3. The molecule has 100 valence electrons. The third-order valence-electron chi connectivity index (χ3n) is 2.92. The van der Waals surface area contributed by atoms with Gasteiger partial charge in [-0.05, 0) is 11.4 Å². The van der Waals surface area contributed by atoms with E-state index < -0.39 is 0 Å². The molecule has 8 heteroatoms. The molecule has 3 heterocycles. The summed E-state index contributed by atoms with van der Waals surface area (Å²) < 4.78 is 5.09. The molecule has 0 atom stereocenters. The van der Waals surface area contributed by atoms with E-state index in [-0.39, 0.29) is 12.5 Å². The fraction of sp³-hybridized carbons (Fsp3) is 0.364. The van der Waals surface area contributed by atoms with Gasteiger partial charge in [-0.15, -0.1) is 11.3 Å². The lowest BCUT2D eigenvalue weighted by Gasteiger charge is -2.26. The number of anilines is 1. The maximum atomic E-state index is 11.7. The number of nitrogens with two attached hydrogens (primary N) is 1. The summed E-state index contributed by atoms with van der Waals surface area (Å²) in [6.45, 7) is 1.62. The highest BCUT2D eigenvalue weighted by molar-refractivity contribution is 7.16. The lowest BCUT2D eigenvalue weighted by molar-refractivity contribution is -0.143. The summed E-state index contributed by atoms with van der Waals surface area (Å²) in [4.78, 5) is 23.0. The van der Waals surface area contributed by atoms with Gasteiger partial charge >= 0.3 is 0 Å². The molecule has 1 fully saturated rings. The third-order valence-corrected chi connectivity index (χ3v) is 3.73. The second-order valence-corrected chi connectivity index (χ2v) is 5.03. The van der Waals surface area contributed by atoms with Crippen LogP contribution in [0.15, 0.2) is 11.4 Å². The van der Waals surface area contributed by atoms with Crippen LogP contribution in [0.5, 0.6) is 0 Å². The van der Waals surface area contributed by atoms with Crippen LogP contribution in [0, 0.1) is 0 Å². The Bertz CT molecular complexity index is 614. The average molecular weight is 279 g/mol. The number of amides is 1. The molecule has 2 aromatic rings. The molecular formula is C11H13N5O2S. The van der Waals surface area contributed by atoms with E-state index in [2.05, 4.69) is 15.4 Å². The molecule has 2 aromatic heterocycles. The Morgan fingerprint density at radius 1 is 1.53 bits per heavy atom. The third kappa shape index (κ3) is 2.37. The molecule has 0 aliphatic carbocycles. The Morgan fingerprint density at radius 3 is 3.21 bits per heavy atom. The monoisotopic (exact) mass is 279 g/mol. The van der Waals surface area contributed by atoms with Crippen molar-refractivity contribution < 1.29 is 9.53 Å². The van der Waals surface area contributed by atoms with Gasteiger partial charge in [0.15, 0.2) is 11.6 Å². The van der Waals surface area contributed by atoms with Crippen LogP contribution in [0.4, 0.5) is 5.82 Å². The maximum absolute atomic E-state index is 11.7. The lowest BCUT2D eigenvalue weighted by atomic mass is 10.3. The highest BCUT2D eigenvalue weighted by atomic mass is 32.1. The van der Waals surface area contributed by atoms with E-state index in [9.17, 15) is 4.79 Å². The second kappa shape index (κ2) is 5.08. The number of hydrazine groups is 1. The zero-order valence-corrected chi connectivity index (χ0v) is 10.9. The number of rotatable bonds is 3. The van der Waals surface area contributed by atoms with Crippen LogP contribution in [0.25, 0.3) is 10.2 Å². The fourth-order valence-corrected chi connectivity index (χ4v) is 2.75. The van der Waals surface area contributed by atoms with Gasteiger partial charge < -0.3 is 15.1 Å². The number of aromatic nitrogens is 2. The van der Waals surface area contributed by atoms with E-state index in [4.69, 9.17) is 10.6 Å². The number of nitrogens with zero attached hydrogens (tertiary/aromatic N) is 3. The van der Waals surface area contributed by atoms with Crippen molar-refractivity contribution in [3.05, 3.63) is 17.3 Å². The molecule has 0 unspecified atom stereocenters. The van der Waals surface area contributed by atoms with Crippen LogP contribution in [0.3, 0.4) is 0 Å². The van der Waals surface area contributed by atoms with Gasteiger partial charge in [-0.1, -0.05) is 0 Å². The van der Waals surface area contributed by atoms with E-state index in [0.29, 0.717) is 31.3 Å². The Balaban J connectivity index is 1.89. The number of carbonyl (C=O) groups is 1. The number of fused-ring (bicyclic) bond motifs is 1. The van der Waals surface area contributed by atoms with Crippen LogP contribution in [0.2, 0.25) is 0 Å². The molecule has 0 spiro atoms. The Morgan fingerprint density at radius 2 is 2.42 bits per heavy atom. The fourth-order valence-electron chi connectivity index (χ4n) is 1.97. The zero-order chi connectivity index (χ0) is 13.2. The molecule has 1 amide bonds. The molecule has 19 heavy (non-hydrogen) atoms. The van der Waals surface area contributed by atoms with Crippen LogP contribution >= 0.6 is 11.3 Å². The summed E-state index contributed by atoms with van der Waals surface area (Å²) in [6, 6.07) is 1.92. The first-order valence-corrected chi connectivity index (χ1v) is 6.72. The zero-order valence-electron chi connectivity index (χ0n) is 10.1. The van der Waals surface area contributed by atoms with E-state index in [1.54, 1.807) is 4.90 Å². The second-order valence-electron chi connectivity index (χ2n) is 4.14. The Labute approximate surface area is 113 Å². The topological polar surface area (TPSA) is 93.4 Å². The van der Waals surface area contributed by atoms with E-state index in [0.717, 1.165) is 10.2 Å². The molecule has 3 rings (SSSR count). The number of carbonyl (C=O) groups excluding carboxylic acids is 1. The van der Waals surface area contributed by atoms with Crippen LogP contribution in [-0.2, 0) is 16.1 Å². The van der Waals surface area contributed by atoms with Crippen molar-refractivity contribution in [2.45, 2.75) is 6.54 Å². The van der Waals surface area contributed by atoms with Crippen molar-refractivity contribution in [3.8, 4) is 0 Å². The predicted molar refractivity (Wildman–Crippen MR) is 71.5 cm³/mol. The van der Waals surface area contributed by atoms with Crippen molar-refractivity contribution in [2.75, 3.05) is 25.2 Å². The van der Waals surface area contributed by atoms with Crippen molar-refractivity contribution in [3.63, 3.8) is 0 Å². The molecule has 0 bridgehead atoms. The number of ether oxygens (including phenoxy) is 1. The van der Waals surface area contributed by atoms with E-state index in [1.165, 1.54) is 11.3 Å². The van der Waals surface area contributed by atoms with E-state index >= 15 is 0 Å². The number of hydrogen-bond acceptors (Lipinski definition) is 7. The summed E-state index contributed by atoms with van der Waals surface area (Å²) >= 11 is 1.52. The quantitative estimate of drug-likeness (QED) is 0.621. The van der Waals surface area contributed by atoms with Crippen LogP contribution in [-0.4, -0.2) is 40.5 Å². The smallest absolute Gasteiger partial charge is 0.249 e. The number of thiophene rings is 1. The van der Waals surface area contributed by atoms with Gasteiger partial charge in [0.2, 0.25) is 5.91 Å². The number of nitrogens with one attached hydrogen (secondary N) is 1. The van der Waals surface area contributed by atoms with Crippen molar-refractivity contribution in [1.82, 2.24) is 14.9 Å². The van der Waals surface area contributed by atoms with Gasteiger partial charge in [0.05, 0.1) is 18.5 Å². The van der Waals surface area contributed by atoms with E-state index in [1.807, 2.05) is 11.4 Å². The maximum Gasteiger partial charge on any atom is 0.249 e. The minimum atomic E-state index is -0.0385. The summed E-state index contributed by atoms with van der Waals surface area (Å²) in [5, 5.41) is 2.83. The molecule has 1 saturated heterocycles. The molecule has 0 aromatic carbocycles. The molecule has 3 N–H and O–H groups in total. The Hall–Kier alpha value is -1.77. The van der Waals surface area contributed by atoms with Crippen LogP contribution in [0.1, 0.15) is 5.82 Å². The summed E-state index contributed by atoms with van der Waals surface area (Å²) in [5.74, 6) is 6.60. The van der Waals surface area contributed by atoms with Gasteiger partial charge in [-0.3, -0.25) is 4.79 Å². The van der Waals surface area contributed by atoms with Crippen LogP contribution < -0.4 is 11.3 Å². The molecule has 0 saturated carbocycles. The van der Waals surface area contributed by atoms with Gasteiger partial charge in [0.25, 0.3) is 0 Å². The van der Waals surface area contributed by atoms with Gasteiger partial charge in [-0.25, -0.2) is 15.8 Å². The number of hydrogen-bond donors (Lipinski definition) is 2. The first-order chi connectivity index (χ1) is 9.28. The van der Waals surface area contributed by atoms with Crippen molar-refractivity contribution in [1.29, 1.82) is 0 Å². The molecule has 7 nitrogen and oxygen atoms in total. The number of nitrogen functional groups attached to an aromatic ring is 1. The molecule has 1 aliphatic heterocycles. The van der Waals surface area contributed by atoms with Gasteiger partial charge in [-0.2, -0.15) is 0 Å². The highest BCUT2D eigenvalue weighted by Gasteiger charge is 2.20. The lowest BCUT2D eigenvalue weighted by Crippen LogP contribution is -2.41. The molecule has 0 radical (unpaired) electrons.